The van der Waals surface area contributed by atoms with Crippen molar-refractivity contribution < 1.29 is 4.74 Å². The Bertz CT molecular complexity index is 313. The quantitative estimate of drug-likeness (QED) is 0.693. The van der Waals surface area contributed by atoms with Gasteiger partial charge in [0.05, 0.1) is 6.61 Å². The predicted molar refractivity (Wildman–Crippen MR) is 70.3 cm³/mol. The van der Waals surface area contributed by atoms with E-state index < -0.39 is 0 Å². The SMILES string of the molecule is CCCOc1cccnc1N(CCN)CCN. The molecule has 0 aliphatic carbocycles. The zero-order valence-corrected chi connectivity index (χ0v) is 10.4. The molecule has 96 valence electrons. The summed E-state index contributed by atoms with van der Waals surface area (Å²) in [5, 5.41) is 0. The highest BCUT2D eigenvalue weighted by molar-refractivity contribution is 5.52. The lowest BCUT2D eigenvalue weighted by atomic mass is 10.3. The minimum Gasteiger partial charge on any atom is -0.490 e. The Morgan fingerprint density at radius 2 is 2.00 bits per heavy atom. The normalized spacial score (nSPS) is 10.3. The Morgan fingerprint density at radius 1 is 1.29 bits per heavy atom. The van der Waals surface area contributed by atoms with Crippen LogP contribution in [0.3, 0.4) is 0 Å². The molecule has 5 heteroatoms. The van der Waals surface area contributed by atoms with E-state index in [1.165, 1.54) is 0 Å². The van der Waals surface area contributed by atoms with E-state index in [2.05, 4.69) is 16.8 Å². The largest absolute Gasteiger partial charge is 0.490 e. The highest BCUT2D eigenvalue weighted by Crippen LogP contribution is 2.24. The first-order chi connectivity index (χ1) is 8.33. The summed E-state index contributed by atoms with van der Waals surface area (Å²) in [6.07, 6.45) is 2.73. The molecule has 17 heavy (non-hydrogen) atoms. The van der Waals surface area contributed by atoms with Gasteiger partial charge in [-0.1, -0.05) is 6.92 Å². The van der Waals surface area contributed by atoms with E-state index in [0.29, 0.717) is 19.7 Å². The van der Waals surface area contributed by atoms with Crippen LogP contribution in [0.1, 0.15) is 13.3 Å². The zero-order chi connectivity index (χ0) is 12.5. The smallest absolute Gasteiger partial charge is 0.171 e. The number of ether oxygens (including phenoxy) is 1. The van der Waals surface area contributed by atoms with Crippen LogP contribution in [0.15, 0.2) is 18.3 Å². The maximum atomic E-state index is 5.67. The lowest BCUT2D eigenvalue weighted by Crippen LogP contribution is -2.34. The van der Waals surface area contributed by atoms with Gasteiger partial charge in [0.2, 0.25) is 0 Å². The van der Waals surface area contributed by atoms with Gasteiger partial charge in [-0.15, -0.1) is 0 Å². The molecule has 0 atom stereocenters. The van der Waals surface area contributed by atoms with Crippen molar-refractivity contribution in [2.24, 2.45) is 11.5 Å². The molecule has 0 fully saturated rings. The third kappa shape index (κ3) is 4.20. The van der Waals surface area contributed by atoms with Crippen LogP contribution in [-0.4, -0.2) is 37.8 Å². The van der Waals surface area contributed by atoms with Gasteiger partial charge in [0.1, 0.15) is 0 Å². The topological polar surface area (TPSA) is 77.4 Å². The molecule has 0 spiro atoms. The Balaban J connectivity index is 2.83. The fourth-order valence-corrected chi connectivity index (χ4v) is 1.58. The highest BCUT2D eigenvalue weighted by Gasteiger charge is 2.12. The van der Waals surface area contributed by atoms with Crippen molar-refractivity contribution in [2.75, 3.05) is 37.7 Å². The van der Waals surface area contributed by atoms with Crippen LogP contribution in [0.4, 0.5) is 5.82 Å². The van der Waals surface area contributed by atoms with Crippen molar-refractivity contribution in [3.05, 3.63) is 18.3 Å². The van der Waals surface area contributed by atoms with Crippen LogP contribution >= 0.6 is 0 Å². The van der Waals surface area contributed by atoms with E-state index in [9.17, 15) is 0 Å². The molecule has 4 N–H and O–H groups in total. The monoisotopic (exact) mass is 238 g/mol. The van der Waals surface area contributed by atoms with Crippen LogP contribution in [0.5, 0.6) is 5.75 Å². The number of nitrogens with two attached hydrogens (primary N) is 2. The molecule has 0 unspecified atom stereocenters. The molecule has 0 saturated carbocycles. The average molecular weight is 238 g/mol. The van der Waals surface area contributed by atoms with Gasteiger partial charge in [0.15, 0.2) is 11.6 Å². The fourth-order valence-electron chi connectivity index (χ4n) is 1.58. The molecule has 0 aromatic carbocycles. The van der Waals surface area contributed by atoms with E-state index in [1.807, 2.05) is 12.1 Å². The van der Waals surface area contributed by atoms with E-state index in [-0.39, 0.29) is 0 Å². The Morgan fingerprint density at radius 3 is 2.59 bits per heavy atom. The lowest BCUT2D eigenvalue weighted by molar-refractivity contribution is 0.316. The molecular formula is C12H22N4O. The molecule has 0 amide bonds. The van der Waals surface area contributed by atoms with Gasteiger partial charge in [-0.2, -0.15) is 0 Å². The number of nitrogens with zero attached hydrogens (tertiary/aromatic N) is 2. The van der Waals surface area contributed by atoms with Gasteiger partial charge in [-0.25, -0.2) is 4.98 Å². The lowest BCUT2D eigenvalue weighted by Gasteiger charge is -2.24. The standard InChI is InChI=1S/C12H22N4O/c1-2-10-17-11-4-3-7-15-12(11)16(8-5-13)9-6-14/h3-4,7H,2,5-6,8-10,13-14H2,1H3. The number of anilines is 1. The number of hydrogen-bond donors (Lipinski definition) is 2. The number of hydrogen-bond acceptors (Lipinski definition) is 5. The highest BCUT2D eigenvalue weighted by atomic mass is 16.5. The summed E-state index contributed by atoms with van der Waals surface area (Å²) in [7, 11) is 0. The van der Waals surface area contributed by atoms with Gasteiger partial charge in [0, 0.05) is 32.4 Å². The van der Waals surface area contributed by atoms with E-state index in [0.717, 1.165) is 31.1 Å². The van der Waals surface area contributed by atoms with Crippen LogP contribution in [0.2, 0.25) is 0 Å². The molecular weight excluding hydrogens is 216 g/mol. The second-order valence-corrected chi connectivity index (χ2v) is 3.74. The molecule has 0 bridgehead atoms. The first-order valence-corrected chi connectivity index (χ1v) is 6.06. The third-order valence-corrected chi connectivity index (χ3v) is 2.31. The summed E-state index contributed by atoms with van der Waals surface area (Å²) < 4.78 is 5.67. The summed E-state index contributed by atoms with van der Waals surface area (Å²) in [5.41, 5.74) is 11.2. The summed E-state index contributed by atoms with van der Waals surface area (Å²) >= 11 is 0. The Labute approximate surface area is 103 Å². The summed E-state index contributed by atoms with van der Waals surface area (Å²) in [5.74, 6) is 1.63. The van der Waals surface area contributed by atoms with Gasteiger partial charge in [-0.05, 0) is 18.6 Å². The van der Waals surface area contributed by atoms with Gasteiger partial charge in [-0.3, -0.25) is 0 Å². The number of pyridine rings is 1. The van der Waals surface area contributed by atoms with Crippen molar-refractivity contribution >= 4 is 5.82 Å². The van der Waals surface area contributed by atoms with Crippen molar-refractivity contribution in [2.45, 2.75) is 13.3 Å². The maximum Gasteiger partial charge on any atom is 0.171 e. The van der Waals surface area contributed by atoms with Crippen LogP contribution in [-0.2, 0) is 0 Å². The molecule has 1 aromatic heterocycles. The second kappa shape index (κ2) is 7.86. The minimum atomic E-state index is 0.573. The Kier molecular flexibility index (Phi) is 6.35. The molecule has 0 saturated heterocycles. The first-order valence-electron chi connectivity index (χ1n) is 6.06. The predicted octanol–water partition coefficient (Wildman–Crippen LogP) is 0.594. The van der Waals surface area contributed by atoms with E-state index in [1.54, 1.807) is 6.20 Å². The Hall–Kier alpha value is -1.33. The molecule has 0 radical (unpaired) electrons. The van der Waals surface area contributed by atoms with Crippen molar-refractivity contribution in [1.29, 1.82) is 0 Å². The minimum absolute atomic E-state index is 0.573. The molecule has 0 aliphatic heterocycles. The van der Waals surface area contributed by atoms with Gasteiger partial charge in [0.25, 0.3) is 0 Å². The summed E-state index contributed by atoms with van der Waals surface area (Å²) in [4.78, 5) is 6.42. The molecule has 1 aromatic rings. The maximum absolute atomic E-state index is 5.67. The molecule has 5 nitrogen and oxygen atoms in total. The van der Waals surface area contributed by atoms with Gasteiger partial charge >= 0.3 is 0 Å². The van der Waals surface area contributed by atoms with Crippen LogP contribution in [0.25, 0.3) is 0 Å². The van der Waals surface area contributed by atoms with Gasteiger partial charge < -0.3 is 21.1 Å². The number of aromatic nitrogens is 1. The van der Waals surface area contributed by atoms with E-state index >= 15 is 0 Å². The van der Waals surface area contributed by atoms with Crippen LogP contribution < -0.4 is 21.1 Å². The molecule has 1 heterocycles. The summed E-state index contributed by atoms with van der Waals surface area (Å²) in [6.45, 7) is 5.38. The van der Waals surface area contributed by atoms with Crippen molar-refractivity contribution in [1.82, 2.24) is 4.98 Å². The first kappa shape index (κ1) is 13.7. The average Bonchev–Trinajstić information content (AvgIpc) is 2.36. The van der Waals surface area contributed by atoms with Crippen LogP contribution in [0, 0.1) is 0 Å². The second-order valence-electron chi connectivity index (χ2n) is 3.74. The van der Waals surface area contributed by atoms with Crippen molar-refractivity contribution in [3.63, 3.8) is 0 Å². The van der Waals surface area contributed by atoms with Crippen molar-refractivity contribution in [3.8, 4) is 5.75 Å². The fraction of sp³-hybridized carbons (Fsp3) is 0.583. The molecule has 1 rings (SSSR count). The zero-order valence-electron chi connectivity index (χ0n) is 10.4. The third-order valence-electron chi connectivity index (χ3n) is 2.31. The summed E-state index contributed by atoms with van der Waals surface area (Å²) in [6, 6.07) is 3.80. The molecule has 0 aliphatic rings. The number of rotatable bonds is 8. The van der Waals surface area contributed by atoms with E-state index in [4.69, 9.17) is 16.2 Å².